The van der Waals surface area contributed by atoms with E-state index in [9.17, 15) is 8.78 Å². The van der Waals surface area contributed by atoms with E-state index in [1.54, 1.807) is 0 Å². The van der Waals surface area contributed by atoms with E-state index in [0.717, 1.165) is 11.1 Å². The molecule has 0 saturated heterocycles. The lowest BCUT2D eigenvalue weighted by molar-refractivity contribution is 0.145. The summed E-state index contributed by atoms with van der Waals surface area (Å²) in [5.41, 5.74) is 2.45. The number of aryl methyl sites for hydroxylation is 2. The van der Waals surface area contributed by atoms with Crippen molar-refractivity contribution in [2.24, 2.45) is 0 Å². The molecular weight excluding hydrogens is 246 g/mol. The second-order valence-corrected chi connectivity index (χ2v) is 4.34. The van der Waals surface area contributed by atoms with Crippen LogP contribution in [0.25, 0.3) is 5.69 Å². The third kappa shape index (κ3) is 2.47. The number of rotatable bonds is 2. The molecule has 1 aromatic carbocycles. The summed E-state index contributed by atoms with van der Waals surface area (Å²) in [6, 6.07) is 6.88. The first-order chi connectivity index (χ1) is 7.97. The molecule has 2 nitrogen and oxygen atoms in total. The zero-order valence-corrected chi connectivity index (χ0v) is 10.2. The first kappa shape index (κ1) is 12.0. The van der Waals surface area contributed by atoms with Crippen LogP contribution in [0.3, 0.4) is 0 Å². The second kappa shape index (κ2) is 4.45. The smallest absolute Gasteiger partial charge is 0.222 e. The summed E-state index contributed by atoms with van der Waals surface area (Å²) in [6.07, 6.45) is -2.61. The first-order valence-electron chi connectivity index (χ1n) is 5.09. The zero-order chi connectivity index (χ0) is 12.6. The molecule has 0 unspecified atom stereocenters. The third-order valence-corrected chi connectivity index (χ3v) is 2.63. The van der Waals surface area contributed by atoms with E-state index in [4.69, 9.17) is 11.6 Å². The minimum Gasteiger partial charge on any atom is -0.222 e. The van der Waals surface area contributed by atoms with Crippen LogP contribution in [0, 0.1) is 13.8 Å². The fraction of sp³-hybridized carbons (Fsp3) is 0.250. The third-order valence-electron chi connectivity index (χ3n) is 2.36. The maximum atomic E-state index is 12.5. The summed E-state index contributed by atoms with van der Waals surface area (Å²) >= 11 is 5.90. The van der Waals surface area contributed by atoms with Gasteiger partial charge in [-0.1, -0.05) is 17.7 Å². The second-order valence-electron chi connectivity index (χ2n) is 3.95. The molecule has 0 saturated carbocycles. The van der Waals surface area contributed by atoms with E-state index in [0.29, 0.717) is 5.69 Å². The minimum atomic E-state index is -2.61. The Balaban J connectivity index is 2.52. The van der Waals surface area contributed by atoms with Crippen molar-refractivity contribution in [1.82, 2.24) is 9.78 Å². The molecule has 0 aliphatic rings. The van der Waals surface area contributed by atoms with Gasteiger partial charge in [0.2, 0.25) is 0 Å². The number of halogens is 3. The van der Waals surface area contributed by atoms with Crippen molar-refractivity contribution in [3.63, 3.8) is 0 Å². The van der Waals surface area contributed by atoms with Gasteiger partial charge >= 0.3 is 0 Å². The molecule has 1 aromatic heterocycles. The van der Waals surface area contributed by atoms with Gasteiger partial charge in [-0.15, -0.1) is 0 Å². The predicted octanol–water partition coefficient (Wildman–Crippen LogP) is 4.08. The van der Waals surface area contributed by atoms with Gasteiger partial charge in [0.1, 0.15) is 10.8 Å². The monoisotopic (exact) mass is 256 g/mol. The standard InChI is InChI=1S/C12H11ClF2N2/c1-7-3-8(2)5-9(4-7)17-11(13)6-10(16-17)12(14)15/h3-6,12H,1-2H3. The van der Waals surface area contributed by atoms with Crippen LogP contribution in [0.15, 0.2) is 24.3 Å². The molecule has 0 aliphatic carbocycles. The van der Waals surface area contributed by atoms with E-state index < -0.39 is 6.43 Å². The van der Waals surface area contributed by atoms with Gasteiger partial charge in [-0.05, 0) is 37.1 Å². The van der Waals surface area contributed by atoms with Crippen molar-refractivity contribution in [2.75, 3.05) is 0 Å². The summed E-state index contributed by atoms with van der Waals surface area (Å²) in [6.45, 7) is 3.86. The Kier molecular flexibility index (Phi) is 3.15. The van der Waals surface area contributed by atoms with Crippen LogP contribution in [0.5, 0.6) is 0 Å². The topological polar surface area (TPSA) is 17.8 Å². The normalized spacial score (nSPS) is 11.2. The van der Waals surface area contributed by atoms with Crippen LogP contribution in [0.1, 0.15) is 23.2 Å². The summed E-state index contributed by atoms with van der Waals surface area (Å²) in [4.78, 5) is 0. The van der Waals surface area contributed by atoms with Crippen molar-refractivity contribution in [3.05, 3.63) is 46.2 Å². The molecule has 0 atom stereocenters. The fourth-order valence-corrected chi connectivity index (χ4v) is 1.98. The van der Waals surface area contributed by atoms with Crippen LogP contribution in [0.4, 0.5) is 8.78 Å². The molecule has 0 amide bonds. The predicted molar refractivity (Wildman–Crippen MR) is 63.0 cm³/mol. The number of hydrogen-bond donors (Lipinski definition) is 0. The largest absolute Gasteiger partial charge is 0.282 e. The van der Waals surface area contributed by atoms with E-state index >= 15 is 0 Å². The quantitative estimate of drug-likeness (QED) is 0.792. The molecular formula is C12H11ClF2N2. The Hall–Kier alpha value is -1.42. The summed E-state index contributed by atoms with van der Waals surface area (Å²) in [5.74, 6) is 0. The maximum absolute atomic E-state index is 12.5. The van der Waals surface area contributed by atoms with Gasteiger partial charge in [0.05, 0.1) is 5.69 Å². The molecule has 1 heterocycles. The van der Waals surface area contributed by atoms with Crippen LogP contribution in [0.2, 0.25) is 5.15 Å². The van der Waals surface area contributed by atoms with Crippen molar-refractivity contribution in [2.45, 2.75) is 20.3 Å². The van der Waals surface area contributed by atoms with Crippen molar-refractivity contribution >= 4 is 11.6 Å². The van der Waals surface area contributed by atoms with Gasteiger partial charge < -0.3 is 0 Å². The van der Waals surface area contributed by atoms with Crippen molar-refractivity contribution in [1.29, 1.82) is 0 Å². The minimum absolute atomic E-state index is 0.185. The van der Waals surface area contributed by atoms with E-state index in [-0.39, 0.29) is 10.8 Å². The van der Waals surface area contributed by atoms with Gasteiger partial charge in [0.25, 0.3) is 6.43 Å². The van der Waals surface area contributed by atoms with Crippen LogP contribution >= 0.6 is 11.6 Å². The van der Waals surface area contributed by atoms with Crippen LogP contribution in [-0.4, -0.2) is 9.78 Å². The van der Waals surface area contributed by atoms with E-state index in [1.165, 1.54) is 10.7 Å². The molecule has 0 N–H and O–H groups in total. The van der Waals surface area contributed by atoms with Crippen molar-refractivity contribution in [3.8, 4) is 5.69 Å². The SMILES string of the molecule is Cc1cc(C)cc(-n2nc(C(F)F)cc2Cl)c1. The molecule has 2 rings (SSSR count). The Bertz CT molecular complexity index is 529. The molecule has 17 heavy (non-hydrogen) atoms. The number of aromatic nitrogens is 2. The molecule has 90 valence electrons. The first-order valence-corrected chi connectivity index (χ1v) is 5.47. The van der Waals surface area contributed by atoms with Crippen molar-refractivity contribution < 1.29 is 8.78 Å². The van der Waals surface area contributed by atoms with E-state index in [1.807, 2.05) is 32.0 Å². The highest BCUT2D eigenvalue weighted by Gasteiger charge is 2.15. The number of nitrogens with zero attached hydrogens (tertiary/aromatic N) is 2. The van der Waals surface area contributed by atoms with Crippen LogP contribution in [-0.2, 0) is 0 Å². The highest BCUT2D eigenvalue weighted by molar-refractivity contribution is 6.29. The van der Waals surface area contributed by atoms with Crippen LogP contribution < -0.4 is 0 Å². The Morgan fingerprint density at radius 3 is 2.18 bits per heavy atom. The lowest BCUT2D eigenvalue weighted by atomic mass is 10.1. The van der Waals surface area contributed by atoms with Gasteiger partial charge in [0.15, 0.2) is 0 Å². The highest BCUT2D eigenvalue weighted by Crippen LogP contribution is 2.24. The molecule has 0 fully saturated rings. The Morgan fingerprint density at radius 2 is 1.71 bits per heavy atom. The Morgan fingerprint density at radius 1 is 1.12 bits per heavy atom. The number of benzene rings is 1. The molecule has 0 bridgehead atoms. The molecule has 0 aliphatic heterocycles. The average molecular weight is 257 g/mol. The lowest BCUT2D eigenvalue weighted by Gasteiger charge is -2.06. The highest BCUT2D eigenvalue weighted by atomic mass is 35.5. The van der Waals surface area contributed by atoms with Gasteiger partial charge in [-0.2, -0.15) is 5.10 Å². The molecule has 0 radical (unpaired) electrons. The van der Waals surface area contributed by atoms with E-state index in [2.05, 4.69) is 5.10 Å². The average Bonchev–Trinajstić information content (AvgIpc) is 2.59. The lowest BCUT2D eigenvalue weighted by Crippen LogP contribution is -1.99. The fourth-order valence-electron chi connectivity index (χ4n) is 1.74. The Labute approximate surface area is 103 Å². The maximum Gasteiger partial charge on any atom is 0.282 e. The molecule has 2 aromatic rings. The number of alkyl halides is 2. The summed E-state index contributed by atoms with van der Waals surface area (Å²) in [7, 11) is 0. The number of hydrogen-bond acceptors (Lipinski definition) is 1. The summed E-state index contributed by atoms with van der Waals surface area (Å²) in [5, 5.41) is 3.98. The van der Waals surface area contributed by atoms with Gasteiger partial charge in [-0.3, -0.25) is 0 Å². The summed E-state index contributed by atoms with van der Waals surface area (Å²) < 4.78 is 26.3. The van der Waals surface area contributed by atoms with Gasteiger partial charge in [0, 0.05) is 6.07 Å². The van der Waals surface area contributed by atoms with Gasteiger partial charge in [-0.25, -0.2) is 13.5 Å². The zero-order valence-electron chi connectivity index (χ0n) is 9.42. The molecule has 5 heteroatoms. The molecule has 0 spiro atoms.